The molecule has 0 unspecified atom stereocenters. The topological polar surface area (TPSA) is 61.0 Å². The van der Waals surface area contributed by atoms with Crippen LogP contribution in [0.1, 0.15) is 22.5 Å². The number of aromatic nitrogens is 2. The fourth-order valence-corrected chi connectivity index (χ4v) is 3.30. The van der Waals surface area contributed by atoms with E-state index in [0.29, 0.717) is 12.2 Å². The Labute approximate surface area is 151 Å². The van der Waals surface area contributed by atoms with Gasteiger partial charge in [0.25, 0.3) is 5.91 Å². The highest BCUT2D eigenvalue weighted by Crippen LogP contribution is 2.22. The summed E-state index contributed by atoms with van der Waals surface area (Å²) in [5.41, 5.74) is 2.61. The van der Waals surface area contributed by atoms with Crippen LogP contribution < -0.4 is 5.32 Å². The summed E-state index contributed by atoms with van der Waals surface area (Å²) in [7, 11) is 2.09. The standard InChI is InChI=1S/C19H22N4OS/c1-23(14-15-7-3-2-4-8-15)11-6-10-20-19(24)17-13-16(21-22-17)18-9-5-12-25-18/h2-5,7-9,12-13H,6,10-11,14H2,1H3,(H,20,24)(H,21,22). The number of carbonyl (C=O) groups excluding carboxylic acids is 1. The first-order chi connectivity index (χ1) is 12.2. The summed E-state index contributed by atoms with van der Waals surface area (Å²) in [6.07, 6.45) is 0.900. The number of carbonyl (C=O) groups is 1. The lowest BCUT2D eigenvalue weighted by Gasteiger charge is -2.16. The fourth-order valence-electron chi connectivity index (χ4n) is 2.61. The molecule has 0 atom stereocenters. The van der Waals surface area contributed by atoms with Gasteiger partial charge in [-0.05, 0) is 43.1 Å². The van der Waals surface area contributed by atoms with Crippen molar-refractivity contribution in [3.8, 4) is 10.6 Å². The molecule has 0 aliphatic carbocycles. The van der Waals surface area contributed by atoms with Crippen molar-refractivity contribution >= 4 is 17.2 Å². The van der Waals surface area contributed by atoms with Crippen LogP contribution in [-0.2, 0) is 6.54 Å². The summed E-state index contributed by atoms with van der Waals surface area (Å²) in [5.74, 6) is -0.134. The smallest absolute Gasteiger partial charge is 0.271 e. The van der Waals surface area contributed by atoms with Gasteiger partial charge in [0.15, 0.2) is 5.69 Å². The Bertz CT molecular complexity index is 783. The van der Waals surface area contributed by atoms with E-state index in [1.54, 1.807) is 17.4 Å². The Morgan fingerprint density at radius 3 is 2.84 bits per heavy atom. The molecule has 2 N–H and O–H groups in total. The lowest BCUT2D eigenvalue weighted by molar-refractivity contribution is 0.0947. The van der Waals surface area contributed by atoms with Crippen LogP contribution in [0.4, 0.5) is 0 Å². The van der Waals surface area contributed by atoms with Crippen molar-refractivity contribution in [1.82, 2.24) is 20.4 Å². The van der Waals surface area contributed by atoms with Gasteiger partial charge in [0.1, 0.15) is 0 Å². The molecule has 1 amide bonds. The third kappa shape index (κ3) is 5.01. The minimum atomic E-state index is -0.134. The van der Waals surface area contributed by atoms with Crippen molar-refractivity contribution in [2.24, 2.45) is 0 Å². The zero-order chi connectivity index (χ0) is 17.5. The molecule has 0 saturated carbocycles. The predicted molar refractivity (Wildman–Crippen MR) is 102 cm³/mol. The minimum absolute atomic E-state index is 0.134. The zero-order valence-electron chi connectivity index (χ0n) is 14.2. The second kappa shape index (κ2) is 8.60. The molecule has 2 heterocycles. The molecule has 1 aromatic carbocycles. The highest BCUT2D eigenvalue weighted by molar-refractivity contribution is 7.13. The van der Waals surface area contributed by atoms with Gasteiger partial charge in [-0.3, -0.25) is 9.89 Å². The van der Waals surface area contributed by atoms with E-state index in [2.05, 4.69) is 51.7 Å². The second-order valence-electron chi connectivity index (χ2n) is 5.98. The van der Waals surface area contributed by atoms with Gasteiger partial charge < -0.3 is 10.2 Å². The Kier molecular flexibility index (Phi) is 5.98. The van der Waals surface area contributed by atoms with Crippen molar-refractivity contribution in [2.45, 2.75) is 13.0 Å². The molecule has 0 aliphatic rings. The van der Waals surface area contributed by atoms with Crippen molar-refractivity contribution in [2.75, 3.05) is 20.1 Å². The molecule has 3 rings (SSSR count). The van der Waals surface area contributed by atoms with E-state index < -0.39 is 0 Å². The summed E-state index contributed by atoms with van der Waals surface area (Å²) in [5, 5.41) is 12.0. The molecule has 0 radical (unpaired) electrons. The number of rotatable bonds is 8. The summed E-state index contributed by atoms with van der Waals surface area (Å²) in [6, 6.07) is 16.2. The van der Waals surface area contributed by atoms with Gasteiger partial charge in [-0.2, -0.15) is 5.10 Å². The maximum absolute atomic E-state index is 12.2. The van der Waals surface area contributed by atoms with Crippen molar-refractivity contribution < 1.29 is 4.79 Å². The Morgan fingerprint density at radius 1 is 1.24 bits per heavy atom. The van der Waals surface area contributed by atoms with Gasteiger partial charge in [-0.25, -0.2) is 0 Å². The van der Waals surface area contributed by atoms with Crippen LogP contribution in [0.2, 0.25) is 0 Å². The molecular weight excluding hydrogens is 332 g/mol. The summed E-state index contributed by atoms with van der Waals surface area (Å²) >= 11 is 1.62. The first kappa shape index (κ1) is 17.4. The summed E-state index contributed by atoms with van der Waals surface area (Å²) in [6.45, 7) is 2.48. The first-order valence-corrected chi connectivity index (χ1v) is 9.20. The highest BCUT2D eigenvalue weighted by Gasteiger charge is 2.11. The van der Waals surface area contributed by atoms with Gasteiger partial charge in [0.05, 0.1) is 10.6 Å². The fraction of sp³-hybridized carbons (Fsp3) is 0.263. The molecule has 6 heteroatoms. The number of H-pyrrole nitrogens is 1. The van der Waals surface area contributed by atoms with E-state index in [4.69, 9.17) is 0 Å². The second-order valence-corrected chi connectivity index (χ2v) is 6.92. The molecule has 0 aliphatic heterocycles. The van der Waals surface area contributed by atoms with Gasteiger partial charge in [-0.1, -0.05) is 36.4 Å². The van der Waals surface area contributed by atoms with Gasteiger partial charge in [0.2, 0.25) is 0 Å². The van der Waals surface area contributed by atoms with Crippen LogP contribution in [0, 0.1) is 0 Å². The summed E-state index contributed by atoms with van der Waals surface area (Å²) in [4.78, 5) is 15.5. The zero-order valence-corrected chi connectivity index (χ0v) is 15.1. The van der Waals surface area contributed by atoms with Gasteiger partial charge >= 0.3 is 0 Å². The SMILES string of the molecule is CN(CCCNC(=O)c1cc(-c2cccs2)[nH]n1)Cc1ccccc1. The van der Waals surface area contributed by atoms with Crippen LogP contribution in [0.15, 0.2) is 53.9 Å². The van der Waals surface area contributed by atoms with E-state index in [1.165, 1.54) is 5.56 Å². The van der Waals surface area contributed by atoms with E-state index in [-0.39, 0.29) is 5.91 Å². The average Bonchev–Trinajstić information content (AvgIpc) is 3.30. The molecule has 0 spiro atoms. The quantitative estimate of drug-likeness (QED) is 0.610. The lowest BCUT2D eigenvalue weighted by Crippen LogP contribution is -2.28. The number of benzene rings is 1. The molecule has 130 valence electrons. The van der Waals surface area contributed by atoms with Crippen LogP contribution in [0.3, 0.4) is 0 Å². The Balaban J connectivity index is 1.39. The minimum Gasteiger partial charge on any atom is -0.351 e. The Hall–Kier alpha value is -2.44. The normalized spacial score (nSPS) is 11.0. The van der Waals surface area contributed by atoms with Crippen LogP contribution in [-0.4, -0.2) is 41.1 Å². The summed E-state index contributed by atoms with van der Waals surface area (Å²) < 4.78 is 0. The predicted octanol–water partition coefficient (Wildman–Crippen LogP) is 3.39. The molecular formula is C19H22N4OS. The molecule has 5 nitrogen and oxygen atoms in total. The van der Waals surface area contributed by atoms with E-state index in [9.17, 15) is 4.79 Å². The maximum Gasteiger partial charge on any atom is 0.271 e. The number of hydrogen-bond donors (Lipinski definition) is 2. The molecule has 0 bridgehead atoms. The van der Waals surface area contributed by atoms with Gasteiger partial charge in [-0.15, -0.1) is 11.3 Å². The van der Waals surface area contributed by atoms with Crippen molar-refractivity contribution in [3.63, 3.8) is 0 Å². The third-order valence-electron chi connectivity index (χ3n) is 3.89. The molecule has 2 aromatic heterocycles. The maximum atomic E-state index is 12.2. The highest BCUT2D eigenvalue weighted by atomic mass is 32.1. The molecule has 0 saturated heterocycles. The van der Waals surface area contributed by atoms with Crippen LogP contribution in [0.5, 0.6) is 0 Å². The number of aromatic amines is 1. The Morgan fingerprint density at radius 2 is 2.08 bits per heavy atom. The van der Waals surface area contributed by atoms with E-state index in [1.807, 2.05) is 23.6 Å². The van der Waals surface area contributed by atoms with Crippen LogP contribution in [0.25, 0.3) is 10.6 Å². The number of amides is 1. The average molecular weight is 354 g/mol. The van der Waals surface area contributed by atoms with E-state index >= 15 is 0 Å². The van der Waals surface area contributed by atoms with E-state index in [0.717, 1.165) is 30.1 Å². The monoisotopic (exact) mass is 354 g/mol. The first-order valence-electron chi connectivity index (χ1n) is 8.32. The number of thiophene rings is 1. The third-order valence-corrected chi connectivity index (χ3v) is 4.80. The molecule has 25 heavy (non-hydrogen) atoms. The van der Waals surface area contributed by atoms with Crippen LogP contribution >= 0.6 is 11.3 Å². The molecule has 3 aromatic rings. The van der Waals surface area contributed by atoms with Gasteiger partial charge in [0, 0.05) is 13.1 Å². The van der Waals surface area contributed by atoms with Crippen molar-refractivity contribution in [1.29, 1.82) is 0 Å². The molecule has 0 fully saturated rings. The largest absolute Gasteiger partial charge is 0.351 e. The number of nitrogens with one attached hydrogen (secondary N) is 2. The number of hydrogen-bond acceptors (Lipinski definition) is 4. The van der Waals surface area contributed by atoms with Crippen molar-refractivity contribution in [3.05, 3.63) is 65.2 Å². The lowest BCUT2D eigenvalue weighted by atomic mass is 10.2. The number of nitrogens with zero attached hydrogens (tertiary/aromatic N) is 2.